The lowest BCUT2D eigenvalue weighted by molar-refractivity contribution is -0.137. The number of carbonyl (C=O) groups excluding carboxylic acids is 1. The van der Waals surface area contributed by atoms with Crippen molar-refractivity contribution in [2.45, 2.75) is 32.4 Å². The Morgan fingerprint density at radius 2 is 2.28 bits per heavy atom. The summed E-state index contributed by atoms with van der Waals surface area (Å²) in [6.45, 7) is 4.20. The van der Waals surface area contributed by atoms with Crippen LogP contribution in [0.2, 0.25) is 0 Å². The minimum atomic E-state index is -0.0863. The van der Waals surface area contributed by atoms with Crippen LogP contribution in [-0.2, 0) is 20.8 Å². The number of ether oxygens (including phenoxy) is 3. The zero-order chi connectivity index (χ0) is 20.2. The van der Waals surface area contributed by atoms with E-state index in [1.807, 2.05) is 31.2 Å². The lowest BCUT2D eigenvalue weighted by Crippen LogP contribution is -2.39. The molecule has 1 aliphatic heterocycles. The van der Waals surface area contributed by atoms with Crippen LogP contribution in [0, 0.1) is 0 Å². The number of benzene rings is 1. The van der Waals surface area contributed by atoms with Gasteiger partial charge in [-0.3, -0.25) is 4.79 Å². The molecule has 0 radical (unpaired) electrons. The van der Waals surface area contributed by atoms with E-state index in [2.05, 4.69) is 15.5 Å². The van der Waals surface area contributed by atoms with Gasteiger partial charge in [0.1, 0.15) is 12.4 Å². The first-order valence-corrected chi connectivity index (χ1v) is 9.84. The maximum Gasteiger partial charge on any atom is 0.248 e. The Bertz CT molecular complexity index is 999. The molecule has 9 heteroatoms. The third kappa shape index (κ3) is 4.15. The van der Waals surface area contributed by atoms with Crippen LogP contribution in [0.1, 0.15) is 25.3 Å². The molecule has 0 N–H and O–H groups in total. The van der Waals surface area contributed by atoms with Gasteiger partial charge in [0.25, 0.3) is 0 Å². The van der Waals surface area contributed by atoms with E-state index < -0.39 is 0 Å². The van der Waals surface area contributed by atoms with Crippen molar-refractivity contribution < 1.29 is 19.0 Å². The quantitative estimate of drug-likeness (QED) is 0.571. The Morgan fingerprint density at radius 3 is 3.03 bits per heavy atom. The molecule has 3 heterocycles. The summed E-state index contributed by atoms with van der Waals surface area (Å²) >= 11 is 0. The molecule has 1 aliphatic rings. The molecule has 0 saturated carbocycles. The topological polar surface area (TPSA) is 91.1 Å². The van der Waals surface area contributed by atoms with Crippen LogP contribution in [0.3, 0.4) is 0 Å². The lowest BCUT2D eigenvalue weighted by atomic mass is 10.1. The van der Waals surface area contributed by atoms with E-state index in [-0.39, 0.29) is 18.6 Å². The number of carbonyl (C=O) groups is 1. The highest BCUT2D eigenvalue weighted by molar-refractivity contribution is 5.85. The molecule has 29 heavy (non-hydrogen) atoms. The molecule has 0 bridgehead atoms. The monoisotopic (exact) mass is 399 g/mol. The number of amides is 1. The van der Waals surface area contributed by atoms with Crippen molar-refractivity contribution in [2.24, 2.45) is 0 Å². The van der Waals surface area contributed by atoms with Crippen LogP contribution < -0.4 is 4.74 Å². The highest BCUT2D eigenvalue weighted by Gasteiger charge is 2.24. The van der Waals surface area contributed by atoms with E-state index >= 15 is 0 Å². The van der Waals surface area contributed by atoms with Gasteiger partial charge in [0.2, 0.25) is 5.91 Å². The zero-order valence-electron chi connectivity index (χ0n) is 16.7. The van der Waals surface area contributed by atoms with Gasteiger partial charge < -0.3 is 19.1 Å². The summed E-state index contributed by atoms with van der Waals surface area (Å²) < 4.78 is 18.1. The molecule has 3 aromatic rings. The number of nitrogens with zero attached hydrogens (tertiary/aromatic N) is 5. The van der Waals surface area contributed by atoms with Crippen molar-refractivity contribution in [2.75, 3.05) is 33.5 Å². The molecular formula is C20H25N5O4. The minimum absolute atomic E-state index is 0.0238. The first-order chi connectivity index (χ1) is 14.2. The number of pyridine rings is 1. The van der Waals surface area contributed by atoms with Crippen LogP contribution in [0.5, 0.6) is 5.75 Å². The van der Waals surface area contributed by atoms with E-state index in [1.54, 1.807) is 9.42 Å². The summed E-state index contributed by atoms with van der Waals surface area (Å²) in [5.74, 6) is 0.696. The van der Waals surface area contributed by atoms with Gasteiger partial charge in [-0.25, -0.2) is 0 Å². The van der Waals surface area contributed by atoms with Crippen molar-refractivity contribution in [3.63, 3.8) is 0 Å². The Balaban J connectivity index is 1.70. The number of hydrogen-bond acceptors (Lipinski definition) is 7. The normalized spacial score (nSPS) is 16.6. The molecule has 0 aliphatic carbocycles. The van der Waals surface area contributed by atoms with Crippen LogP contribution in [-0.4, -0.2) is 70.4 Å². The van der Waals surface area contributed by atoms with E-state index in [1.165, 1.54) is 7.11 Å². The number of rotatable bonds is 8. The second kappa shape index (κ2) is 8.71. The largest absolute Gasteiger partial charge is 0.494 e. The second-order valence-corrected chi connectivity index (χ2v) is 7.08. The Morgan fingerprint density at radius 1 is 1.38 bits per heavy atom. The number of fused-ring (bicyclic) bond motifs is 3. The summed E-state index contributed by atoms with van der Waals surface area (Å²) in [5.41, 5.74) is 2.37. The van der Waals surface area contributed by atoms with E-state index in [0.29, 0.717) is 25.3 Å². The third-order valence-corrected chi connectivity index (χ3v) is 5.05. The molecule has 1 atom stereocenters. The van der Waals surface area contributed by atoms with Crippen LogP contribution in [0.25, 0.3) is 16.6 Å². The highest BCUT2D eigenvalue weighted by Crippen LogP contribution is 2.25. The van der Waals surface area contributed by atoms with Crippen LogP contribution in [0.15, 0.2) is 24.3 Å². The minimum Gasteiger partial charge on any atom is -0.494 e. The maximum atomic E-state index is 12.7. The molecule has 2 aromatic heterocycles. The summed E-state index contributed by atoms with van der Waals surface area (Å²) in [4.78, 5) is 14.4. The number of aromatic nitrogens is 4. The average Bonchev–Trinajstić information content (AvgIpc) is 3.40. The van der Waals surface area contributed by atoms with Crippen molar-refractivity contribution in [3.05, 3.63) is 29.8 Å². The molecule has 1 aromatic carbocycles. The summed E-state index contributed by atoms with van der Waals surface area (Å²) in [7, 11) is 1.52. The smallest absolute Gasteiger partial charge is 0.248 e. The predicted molar refractivity (Wildman–Crippen MR) is 106 cm³/mol. The molecule has 4 rings (SSSR count). The molecule has 1 amide bonds. The molecule has 1 saturated heterocycles. The second-order valence-electron chi connectivity index (χ2n) is 7.08. The van der Waals surface area contributed by atoms with Gasteiger partial charge in [-0.15, -0.1) is 5.10 Å². The Hall–Kier alpha value is -2.78. The first kappa shape index (κ1) is 19.5. The van der Waals surface area contributed by atoms with Gasteiger partial charge in [0.05, 0.1) is 18.2 Å². The van der Waals surface area contributed by atoms with Gasteiger partial charge in [-0.2, -0.15) is 4.52 Å². The number of methoxy groups -OCH3 is 1. The first-order valence-electron chi connectivity index (χ1n) is 9.84. The maximum absolute atomic E-state index is 12.7. The van der Waals surface area contributed by atoms with Gasteiger partial charge in [-0.1, -0.05) is 0 Å². The van der Waals surface area contributed by atoms with Gasteiger partial charge in [0, 0.05) is 37.8 Å². The molecule has 1 fully saturated rings. The SMILES string of the molecule is CCOc1ccc2c(c1)cc(CN(CC1CCCO1)C(=O)COC)c1nnnn12. The third-order valence-electron chi connectivity index (χ3n) is 5.05. The van der Waals surface area contributed by atoms with Crippen molar-refractivity contribution in [1.82, 2.24) is 24.9 Å². The molecule has 1 unspecified atom stereocenters. The number of tetrazole rings is 1. The van der Waals surface area contributed by atoms with E-state index in [0.717, 1.165) is 41.7 Å². The fourth-order valence-corrected chi connectivity index (χ4v) is 3.72. The predicted octanol–water partition coefficient (Wildman–Crippen LogP) is 1.83. The molecular weight excluding hydrogens is 374 g/mol. The van der Waals surface area contributed by atoms with Gasteiger partial charge in [-0.05, 0) is 54.5 Å². The molecule has 154 valence electrons. The fourth-order valence-electron chi connectivity index (χ4n) is 3.72. The Labute approximate surface area is 168 Å². The zero-order valence-corrected chi connectivity index (χ0v) is 16.7. The lowest BCUT2D eigenvalue weighted by Gasteiger charge is -2.25. The van der Waals surface area contributed by atoms with Gasteiger partial charge >= 0.3 is 0 Å². The van der Waals surface area contributed by atoms with E-state index in [4.69, 9.17) is 14.2 Å². The summed E-state index contributed by atoms with van der Waals surface area (Å²) in [6.07, 6.45) is 2.02. The van der Waals surface area contributed by atoms with Crippen molar-refractivity contribution in [1.29, 1.82) is 0 Å². The number of hydrogen-bond donors (Lipinski definition) is 0. The summed E-state index contributed by atoms with van der Waals surface area (Å²) in [5, 5.41) is 13.1. The summed E-state index contributed by atoms with van der Waals surface area (Å²) in [6, 6.07) is 7.82. The molecule has 0 spiro atoms. The fraction of sp³-hybridized carbons (Fsp3) is 0.500. The van der Waals surface area contributed by atoms with Crippen molar-refractivity contribution in [3.8, 4) is 5.75 Å². The van der Waals surface area contributed by atoms with Crippen LogP contribution >= 0.6 is 0 Å². The highest BCUT2D eigenvalue weighted by atomic mass is 16.5. The Kier molecular flexibility index (Phi) is 5.86. The van der Waals surface area contributed by atoms with Gasteiger partial charge in [0.15, 0.2) is 5.65 Å². The van der Waals surface area contributed by atoms with Crippen molar-refractivity contribution >= 4 is 22.5 Å². The molecule has 9 nitrogen and oxygen atoms in total. The average molecular weight is 399 g/mol. The standard InChI is InChI=1S/C20H25N5O4/c1-3-28-16-6-7-18-14(10-16)9-15(20-21-22-23-25(18)20)11-24(19(26)13-27-2)12-17-5-4-8-29-17/h6-7,9-10,17H,3-5,8,11-13H2,1-2H3. The van der Waals surface area contributed by atoms with Crippen LogP contribution in [0.4, 0.5) is 0 Å². The van der Waals surface area contributed by atoms with E-state index in [9.17, 15) is 4.79 Å².